The van der Waals surface area contributed by atoms with Crippen molar-refractivity contribution in [3.05, 3.63) is 28.8 Å². The van der Waals surface area contributed by atoms with Gasteiger partial charge in [0, 0.05) is 25.7 Å². The molecule has 0 radical (unpaired) electrons. The fourth-order valence-electron chi connectivity index (χ4n) is 3.69. The Bertz CT molecular complexity index is 558. The van der Waals surface area contributed by atoms with Gasteiger partial charge in [0.15, 0.2) is 0 Å². The molecule has 2 saturated heterocycles. The average Bonchev–Trinajstić information content (AvgIpc) is 3.11. The highest BCUT2D eigenvalue weighted by Gasteiger charge is 2.23. The van der Waals surface area contributed by atoms with Gasteiger partial charge in [-0.2, -0.15) is 0 Å². The molecular weight excluding hydrogens is 338 g/mol. The van der Waals surface area contributed by atoms with Gasteiger partial charge in [0.1, 0.15) is 11.9 Å². The van der Waals surface area contributed by atoms with E-state index >= 15 is 0 Å². The summed E-state index contributed by atoms with van der Waals surface area (Å²) in [6.45, 7) is 4.95. The summed E-state index contributed by atoms with van der Waals surface area (Å²) in [6.07, 6.45) is 3.96. The number of benzene rings is 1. The van der Waals surface area contributed by atoms with Crippen LogP contribution < -0.4 is 10.5 Å². The number of ether oxygens (including phenoxy) is 1. The van der Waals surface area contributed by atoms with Gasteiger partial charge >= 0.3 is 0 Å². The first-order valence-electron chi connectivity index (χ1n) is 9.33. The highest BCUT2D eigenvalue weighted by molar-refractivity contribution is 6.32. The van der Waals surface area contributed by atoms with E-state index in [1.807, 2.05) is 12.1 Å². The molecule has 0 amide bonds. The van der Waals surface area contributed by atoms with E-state index in [1.165, 1.54) is 12.8 Å². The minimum atomic E-state index is -0.713. The van der Waals surface area contributed by atoms with E-state index in [0.29, 0.717) is 17.3 Å². The molecule has 140 valence electrons. The average molecular weight is 368 g/mol. The first-order chi connectivity index (χ1) is 12.0. The summed E-state index contributed by atoms with van der Waals surface area (Å²) >= 11 is 6.40. The molecule has 3 N–H and O–H groups in total. The minimum absolute atomic E-state index is 0.210. The number of likely N-dealkylation sites (tertiary alicyclic amines) is 2. The predicted octanol–water partition coefficient (Wildman–Crippen LogP) is 2.27. The smallest absolute Gasteiger partial charge is 0.138 e. The van der Waals surface area contributed by atoms with Crippen LogP contribution in [-0.2, 0) is 0 Å². The molecule has 2 heterocycles. The van der Waals surface area contributed by atoms with Crippen molar-refractivity contribution in [2.75, 3.05) is 39.8 Å². The number of hydrogen-bond acceptors (Lipinski definition) is 5. The first kappa shape index (κ1) is 18.9. The zero-order chi connectivity index (χ0) is 17.8. The van der Waals surface area contributed by atoms with Gasteiger partial charge in [-0.15, -0.1) is 0 Å². The predicted molar refractivity (Wildman–Crippen MR) is 101 cm³/mol. The van der Waals surface area contributed by atoms with Crippen molar-refractivity contribution >= 4 is 11.6 Å². The Kier molecular flexibility index (Phi) is 6.58. The summed E-state index contributed by atoms with van der Waals surface area (Å²) in [5.74, 6) is 0.695. The number of nitrogens with two attached hydrogens (primary N) is 1. The normalized spacial score (nSPS) is 22.9. The van der Waals surface area contributed by atoms with E-state index in [2.05, 4.69) is 16.8 Å². The maximum Gasteiger partial charge on any atom is 0.138 e. The molecule has 2 atom stereocenters. The van der Waals surface area contributed by atoms with Gasteiger partial charge in [-0.3, -0.25) is 0 Å². The summed E-state index contributed by atoms with van der Waals surface area (Å²) in [6, 6.07) is 5.22. The molecule has 0 aliphatic carbocycles. The van der Waals surface area contributed by atoms with Crippen LogP contribution >= 0.6 is 11.6 Å². The number of aliphatic hydroxyl groups is 1. The van der Waals surface area contributed by atoms with Crippen LogP contribution in [0.2, 0.25) is 5.02 Å². The van der Waals surface area contributed by atoms with Crippen LogP contribution in [0.15, 0.2) is 18.2 Å². The zero-order valence-electron chi connectivity index (χ0n) is 15.0. The molecule has 2 aliphatic heterocycles. The van der Waals surface area contributed by atoms with Crippen LogP contribution in [0.4, 0.5) is 0 Å². The lowest BCUT2D eigenvalue weighted by molar-refractivity contribution is 0.113. The second-order valence-electron chi connectivity index (χ2n) is 7.43. The summed E-state index contributed by atoms with van der Waals surface area (Å²) < 4.78 is 6.06. The lowest BCUT2D eigenvalue weighted by Gasteiger charge is -2.29. The lowest BCUT2D eigenvalue weighted by atomic mass is 10.0. The molecular formula is C19H30ClN3O2. The number of halogens is 1. The van der Waals surface area contributed by atoms with Crippen molar-refractivity contribution in [3.8, 4) is 5.75 Å². The molecule has 2 unspecified atom stereocenters. The Labute approximate surface area is 155 Å². The van der Waals surface area contributed by atoms with Crippen LogP contribution in [0.5, 0.6) is 5.75 Å². The van der Waals surface area contributed by atoms with Gasteiger partial charge in [0.05, 0.1) is 11.1 Å². The molecule has 5 nitrogen and oxygen atoms in total. The lowest BCUT2D eigenvalue weighted by Crippen LogP contribution is -2.40. The van der Waals surface area contributed by atoms with E-state index < -0.39 is 6.10 Å². The van der Waals surface area contributed by atoms with Crippen LogP contribution in [0.1, 0.15) is 37.4 Å². The summed E-state index contributed by atoms with van der Waals surface area (Å²) in [4.78, 5) is 4.62. The van der Waals surface area contributed by atoms with E-state index in [1.54, 1.807) is 6.07 Å². The highest BCUT2D eigenvalue weighted by atomic mass is 35.5. The van der Waals surface area contributed by atoms with E-state index in [-0.39, 0.29) is 12.1 Å². The topological polar surface area (TPSA) is 62.0 Å². The van der Waals surface area contributed by atoms with Gasteiger partial charge in [-0.05, 0) is 63.5 Å². The van der Waals surface area contributed by atoms with Crippen molar-refractivity contribution in [1.82, 2.24) is 9.80 Å². The molecule has 3 rings (SSSR count). The monoisotopic (exact) mass is 367 g/mol. The van der Waals surface area contributed by atoms with Gasteiger partial charge < -0.3 is 25.4 Å². The van der Waals surface area contributed by atoms with Gasteiger partial charge in [-0.25, -0.2) is 0 Å². The second kappa shape index (κ2) is 8.69. The number of nitrogens with zero attached hydrogens (tertiary/aromatic N) is 2. The third-order valence-corrected chi connectivity index (χ3v) is 5.63. The SMILES string of the molecule is CN1CCC(Oc2ccc(C(O)C(N)CN3CCCC3)cc2Cl)CC1. The van der Waals surface area contributed by atoms with Crippen molar-refractivity contribution < 1.29 is 9.84 Å². The van der Waals surface area contributed by atoms with E-state index in [9.17, 15) is 5.11 Å². The maximum absolute atomic E-state index is 10.6. The molecule has 1 aromatic rings. The van der Waals surface area contributed by atoms with Crippen molar-refractivity contribution in [1.29, 1.82) is 0 Å². The summed E-state index contributed by atoms with van der Waals surface area (Å²) in [7, 11) is 2.13. The van der Waals surface area contributed by atoms with Crippen LogP contribution in [0.25, 0.3) is 0 Å². The summed E-state index contributed by atoms with van der Waals surface area (Å²) in [5, 5.41) is 11.1. The standard InChI is InChI=1S/C19H30ClN3O2/c1-22-10-6-15(7-11-22)25-18-5-4-14(12-16(18)20)19(24)17(21)13-23-8-2-3-9-23/h4-5,12,15,17,19,24H,2-3,6-11,13,21H2,1H3. The Morgan fingerprint density at radius 3 is 2.56 bits per heavy atom. The Balaban J connectivity index is 1.58. The Hall–Kier alpha value is -0.850. The molecule has 0 saturated carbocycles. The van der Waals surface area contributed by atoms with Crippen molar-refractivity contribution in [2.24, 2.45) is 5.73 Å². The van der Waals surface area contributed by atoms with Gasteiger partial charge in [0.2, 0.25) is 0 Å². The van der Waals surface area contributed by atoms with Crippen molar-refractivity contribution in [2.45, 2.75) is 43.9 Å². The fraction of sp³-hybridized carbons (Fsp3) is 0.684. The molecule has 1 aromatic carbocycles. The molecule has 0 aromatic heterocycles. The largest absolute Gasteiger partial charge is 0.489 e. The van der Waals surface area contributed by atoms with E-state index in [0.717, 1.165) is 44.6 Å². The van der Waals surface area contributed by atoms with Gasteiger partial charge in [-0.1, -0.05) is 17.7 Å². The molecule has 25 heavy (non-hydrogen) atoms. The van der Waals surface area contributed by atoms with Crippen molar-refractivity contribution in [3.63, 3.8) is 0 Å². The maximum atomic E-state index is 10.6. The Morgan fingerprint density at radius 2 is 1.92 bits per heavy atom. The number of rotatable bonds is 6. The first-order valence-corrected chi connectivity index (χ1v) is 9.71. The van der Waals surface area contributed by atoms with Crippen LogP contribution in [0.3, 0.4) is 0 Å². The van der Waals surface area contributed by atoms with Gasteiger partial charge in [0.25, 0.3) is 0 Å². The fourth-order valence-corrected chi connectivity index (χ4v) is 3.92. The van der Waals surface area contributed by atoms with Crippen LogP contribution in [-0.4, -0.2) is 66.8 Å². The number of piperidine rings is 1. The molecule has 2 aliphatic rings. The zero-order valence-corrected chi connectivity index (χ0v) is 15.8. The van der Waals surface area contributed by atoms with Crippen LogP contribution in [0, 0.1) is 0 Å². The molecule has 0 bridgehead atoms. The number of hydrogen-bond donors (Lipinski definition) is 2. The summed E-state index contributed by atoms with van der Waals surface area (Å²) in [5.41, 5.74) is 6.97. The van der Waals surface area contributed by atoms with E-state index in [4.69, 9.17) is 22.1 Å². The minimum Gasteiger partial charge on any atom is -0.489 e. The molecule has 0 spiro atoms. The Morgan fingerprint density at radius 1 is 1.24 bits per heavy atom. The number of aliphatic hydroxyl groups excluding tert-OH is 1. The molecule has 2 fully saturated rings. The second-order valence-corrected chi connectivity index (χ2v) is 7.83. The third-order valence-electron chi connectivity index (χ3n) is 5.33. The molecule has 6 heteroatoms. The quantitative estimate of drug-likeness (QED) is 0.807. The third kappa shape index (κ3) is 5.08. The highest BCUT2D eigenvalue weighted by Crippen LogP contribution is 2.31.